The Morgan fingerprint density at radius 1 is 1.33 bits per heavy atom. The number of hydrogen-bond acceptors (Lipinski definition) is 2. The molecule has 1 N–H and O–H groups in total. The molecule has 0 aliphatic carbocycles. The molecule has 1 amide bonds. The number of nitrogens with one attached hydrogen (secondary N) is 1. The number of amides is 1. The standard InChI is InChI=1S/C16H13FN2O2/c17-10-3-4-11-12-9-19(16(20)15-2-1-7-21-15)6-5-13(12)18-14(11)8-10/h1-4,7-8,18H,5-6,9H2. The number of fused-ring (bicyclic) bond motifs is 3. The molecule has 0 saturated heterocycles. The number of carbonyl (C=O) groups is 1. The number of H-pyrrole nitrogens is 1. The molecule has 0 atom stereocenters. The SMILES string of the molecule is O=C(c1ccco1)N1CCc2[nH]c3cc(F)ccc3c2C1. The first kappa shape index (κ1) is 12.2. The van der Waals surface area contributed by atoms with Crippen LogP contribution in [0.5, 0.6) is 0 Å². The van der Waals surface area contributed by atoms with Gasteiger partial charge in [0, 0.05) is 41.7 Å². The molecule has 2 aromatic heterocycles. The van der Waals surface area contributed by atoms with Crippen molar-refractivity contribution in [3.8, 4) is 0 Å². The lowest BCUT2D eigenvalue weighted by Crippen LogP contribution is -2.35. The first-order chi connectivity index (χ1) is 10.2. The summed E-state index contributed by atoms with van der Waals surface area (Å²) in [6.45, 7) is 1.14. The normalized spacial score (nSPS) is 14.4. The molecular weight excluding hydrogens is 271 g/mol. The molecule has 106 valence electrons. The predicted molar refractivity (Wildman–Crippen MR) is 75.4 cm³/mol. The van der Waals surface area contributed by atoms with Gasteiger partial charge < -0.3 is 14.3 Å². The fraction of sp³-hybridized carbons (Fsp3) is 0.188. The number of benzene rings is 1. The van der Waals surface area contributed by atoms with E-state index < -0.39 is 0 Å². The van der Waals surface area contributed by atoms with Gasteiger partial charge in [0.15, 0.2) is 5.76 Å². The van der Waals surface area contributed by atoms with Gasteiger partial charge in [-0.3, -0.25) is 4.79 Å². The predicted octanol–water partition coefficient (Wildman–Crippen LogP) is 3.10. The van der Waals surface area contributed by atoms with Crippen LogP contribution >= 0.6 is 0 Å². The van der Waals surface area contributed by atoms with E-state index in [4.69, 9.17) is 4.42 Å². The topological polar surface area (TPSA) is 49.2 Å². The van der Waals surface area contributed by atoms with E-state index in [-0.39, 0.29) is 11.7 Å². The molecule has 21 heavy (non-hydrogen) atoms. The van der Waals surface area contributed by atoms with Crippen LogP contribution in [0.3, 0.4) is 0 Å². The lowest BCUT2D eigenvalue weighted by atomic mass is 10.0. The largest absolute Gasteiger partial charge is 0.459 e. The van der Waals surface area contributed by atoms with Gasteiger partial charge in [-0.25, -0.2) is 4.39 Å². The average molecular weight is 284 g/mol. The van der Waals surface area contributed by atoms with Gasteiger partial charge in [-0.15, -0.1) is 0 Å². The van der Waals surface area contributed by atoms with E-state index in [0.29, 0.717) is 18.8 Å². The van der Waals surface area contributed by atoms with Crippen LogP contribution in [0.1, 0.15) is 21.8 Å². The van der Waals surface area contributed by atoms with E-state index in [1.54, 1.807) is 23.1 Å². The Labute approximate surface area is 120 Å². The average Bonchev–Trinajstić information content (AvgIpc) is 3.12. The van der Waals surface area contributed by atoms with Crippen molar-refractivity contribution in [2.24, 2.45) is 0 Å². The Morgan fingerprint density at radius 3 is 3.05 bits per heavy atom. The van der Waals surface area contributed by atoms with Crippen molar-refractivity contribution in [1.29, 1.82) is 0 Å². The van der Waals surface area contributed by atoms with E-state index in [1.807, 2.05) is 0 Å². The Balaban J connectivity index is 1.71. The number of hydrogen-bond donors (Lipinski definition) is 1. The van der Waals surface area contributed by atoms with E-state index in [9.17, 15) is 9.18 Å². The summed E-state index contributed by atoms with van der Waals surface area (Å²) in [4.78, 5) is 17.4. The molecule has 5 heteroatoms. The van der Waals surface area contributed by atoms with Crippen molar-refractivity contribution in [2.45, 2.75) is 13.0 Å². The van der Waals surface area contributed by atoms with Crippen molar-refractivity contribution in [1.82, 2.24) is 9.88 Å². The summed E-state index contributed by atoms with van der Waals surface area (Å²) in [5, 5.41) is 0.975. The zero-order valence-electron chi connectivity index (χ0n) is 11.2. The van der Waals surface area contributed by atoms with Crippen molar-refractivity contribution >= 4 is 16.8 Å². The third kappa shape index (κ3) is 1.93. The summed E-state index contributed by atoms with van der Waals surface area (Å²) >= 11 is 0. The molecule has 0 spiro atoms. The van der Waals surface area contributed by atoms with Crippen molar-refractivity contribution in [3.05, 3.63) is 59.4 Å². The number of aromatic amines is 1. The lowest BCUT2D eigenvalue weighted by Gasteiger charge is -2.26. The molecule has 1 aliphatic rings. The lowest BCUT2D eigenvalue weighted by molar-refractivity contribution is 0.0703. The molecule has 1 aliphatic heterocycles. The molecular formula is C16H13FN2O2. The van der Waals surface area contributed by atoms with Gasteiger partial charge >= 0.3 is 0 Å². The van der Waals surface area contributed by atoms with Crippen LogP contribution in [-0.2, 0) is 13.0 Å². The highest BCUT2D eigenvalue weighted by Gasteiger charge is 2.26. The van der Waals surface area contributed by atoms with E-state index in [0.717, 1.165) is 28.6 Å². The van der Waals surface area contributed by atoms with Crippen LogP contribution in [0, 0.1) is 5.82 Å². The maximum absolute atomic E-state index is 13.3. The summed E-state index contributed by atoms with van der Waals surface area (Å²) in [7, 11) is 0. The Hall–Kier alpha value is -2.56. The van der Waals surface area contributed by atoms with Crippen LogP contribution in [-0.4, -0.2) is 22.3 Å². The van der Waals surface area contributed by atoms with Crippen LogP contribution in [0.4, 0.5) is 4.39 Å². The van der Waals surface area contributed by atoms with Crippen molar-refractivity contribution in [2.75, 3.05) is 6.54 Å². The van der Waals surface area contributed by atoms with Gasteiger partial charge in [0.25, 0.3) is 5.91 Å². The molecule has 0 radical (unpaired) electrons. The maximum atomic E-state index is 13.3. The van der Waals surface area contributed by atoms with Gasteiger partial charge in [0.2, 0.25) is 0 Å². The highest BCUT2D eigenvalue weighted by molar-refractivity contribution is 5.92. The molecule has 0 saturated carbocycles. The third-order valence-electron chi connectivity index (χ3n) is 3.96. The smallest absolute Gasteiger partial charge is 0.289 e. The molecule has 0 fully saturated rings. The highest BCUT2D eigenvalue weighted by Crippen LogP contribution is 2.28. The van der Waals surface area contributed by atoms with Crippen molar-refractivity contribution in [3.63, 3.8) is 0 Å². The summed E-state index contributed by atoms with van der Waals surface area (Å²) in [5.74, 6) is -0.0175. The van der Waals surface area contributed by atoms with Gasteiger partial charge in [0.1, 0.15) is 5.82 Å². The number of rotatable bonds is 1. The monoisotopic (exact) mass is 284 g/mol. The number of halogens is 1. The summed E-state index contributed by atoms with van der Waals surface area (Å²) < 4.78 is 18.5. The Kier molecular flexibility index (Phi) is 2.60. The second-order valence-corrected chi connectivity index (χ2v) is 5.23. The van der Waals surface area contributed by atoms with Gasteiger partial charge in [-0.05, 0) is 30.3 Å². The summed E-state index contributed by atoms with van der Waals surface area (Å²) in [6.07, 6.45) is 2.23. The minimum atomic E-state index is -0.260. The van der Waals surface area contributed by atoms with Crippen LogP contribution < -0.4 is 0 Å². The fourth-order valence-corrected chi connectivity index (χ4v) is 2.92. The molecule has 1 aromatic carbocycles. The Bertz CT molecular complexity index is 820. The molecule has 4 rings (SSSR count). The van der Waals surface area contributed by atoms with Gasteiger partial charge in [0.05, 0.1) is 6.26 Å². The molecule has 0 unspecified atom stereocenters. The minimum Gasteiger partial charge on any atom is -0.459 e. The second-order valence-electron chi connectivity index (χ2n) is 5.23. The maximum Gasteiger partial charge on any atom is 0.289 e. The van der Waals surface area contributed by atoms with Gasteiger partial charge in [-0.2, -0.15) is 0 Å². The van der Waals surface area contributed by atoms with Crippen LogP contribution in [0.15, 0.2) is 41.0 Å². The highest BCUT2D eigenvalue weighted by atomic mass is 19.1. The van der Waals surface area contributed by atoms with Gasteiger partial charge in [-0.1, -0.05) is 0 Å². The van der Waals surface area contributed by atoms with Crippen LogP contribution in [0.25, 0.3) is 10.9 Å². The number of nitrogens with zero attached hydrogens (tertiary/aromatic N) is 1. The minimum absolute atomic E-state index is 0.109. The van der Waals surface area contributed by atoms with Crippen LogP contribution in [0.2, 0.25) is 0 Å². The number of carbonyl (C=O) groups excluding carboxylic acids is 1. The zero-order valence-corrected chi connectivity index (χ0v) is 11.2. The first-order valence-electron chi connectivity index (χ1n) is 6.84. The number of aromatic nitrogens is 1. The van der Waals surface area contributed by atoms with E-state index in [2.05, 4.69) is 4.98 Å². The van der Waals surface area contributed by atoms with Crippen molar-refractivity contribution < 1.29 is 13.6 Å². The molecule has 4 nitrogen and oxygen atoms in total. The second kappa shape index (κ2) is 4.48. The van der Waals surface area contributed by atoms with E-state index in [1.165, 1.54) is 18.4 Å². The fourth-order valence-electron chi connectivity index (χ4n) is 2.92. The quantitative estimate of drug-likeness (QED) is 0.746. The van der Waals surface area contributed by atoms with E-state index >= 15 is 0 Å². The summed E-state index contributed by atoms with van der Waals surface area (Å²) in [6, 6.07) is 8.08. The first-order valence-corrected chi connectivity index (χ1v) is 6.84. The summed E-state index contributed by atoms with van der Waals surface area (Å²) in [5.41, 5.74) is 2.93. The number of furan rings is 1. The third-order valence-corrected chi connectivity index (χ3v) is 3.96. The Morgan fingerprint density at radius 2 is 2.24 bits per heavy atom. The zero-order chi connectivity index (χ0) is 14.4. The molecule has 0 bridgehead atoms. The molecule has 3 aromatic rings. The molecule has 3 heterocycles.